The third-order valence-corrected chi connectivity index (χ3v) is 4.58. The van der Waals surface area contributed by atoms with Gasteiger partial charge in [-0.05, 0) is 50.7 Å². The number of hydrogen-bond acceptors (Lipinski definition) is 6. The summed E-state index contributed by atoms with van der Waals surface area (Å²) in [6.07, 6.45) is 1.04. The van der Waals surface area contributed by atoms with E-state index in [1.165, 1.54) is 6.07 Å². The van der Waals surface area contributed by atoms with Gasteiger partial charge in [0.1, 0.15) is 17.5 Å². The molecule has 6 nitrogen and oxygen atoms in total. The number of halogens is 1. The Bertz CT molecular complexity index is 761. The largest absolute Gasteiger partial charge is 0.383 e. The molecule has 0 unspecified atom stereocenters. The Morgan fingerprint density at radius 2 is 2.00 bits per heavy atom. The highest BCUT2D eigenvalue weighted by Gasteiger charge is 2.28. The summed E-state index contributed by atoms with van der Waals surface area (Å²) in [5, 5.41) is 0. The Balaban J connectivity index is 2.07. The number of benzene rings is 1. The van der Waals surface area contributed by atoms with Gasteiger partial charge in [0.15, 0.2) is 0 Å². The zero-order valence-corrected chi connectivity index (χ0v) is 14.3. The number of nitrogens with two attached hydrogens (primary N) is 2. The summed E-state index contributed by atoms with van der Waals surface area (Å²) < 4.78 is 13.6. The fourth-order valence-corrected chi connectivity index (χ4v) is 3.14. The number of nitrogens with zero attached hydrogens (tertiary/aromatic N) is 4. The zero-order chi connectivity index (χ0) is 17.4. The maximum absolute atomic E-state index is 13.6. The number of anilines is 3. The minimum absolute atomic E-state index is 0.151. The first kappa shape index (κ1) is 16.4. The summed E-state index contributed by atoms with van der Waals surface area (Å²) >= 11 is 0. The van der Waals surface area contributed by atoms with E-state index in [0.717, 1.165) is 30.9 Å². The van der Waals surface area contributed by atoms with Crippen molar-refractivity contribution in [2.45, 2.75) is 19.4 Å². The zero-order valence-electron chi connectivity index (χ0n) is 14.3. The summed E-state index contributed by atoms with van der Waals surface area (Å²) in [5.41, 5.74) is 14.0. The van der Waals surface area contributed by atoms with Gasteiger partial charge in [-0.2, -0.15) is 9.97 Å². The van der Waals surface area contributed by atoms with Crippen LogP contribution in [-0.4, -0.2) is 48.1 Å². The molecule has 1 aromatic carbocycles. The van der Waals surface area contributed by atoms with Crippen LogP contribution in [-0.2, 0) is 0 Å². The first-order chi connectivity index (χ1) is 11.4. The van der Waals surface area contributed by atoms with E-state index in [4.69, 9.17) is 11.5 Å². The predicted octanol–water partition coefficient (Wildman–Crippen LogP) is 1.90. The minimum Gasteiger partial charge on any atom is -0.383 e. The quantitative estimate of drug-likeness (QED) is 0.894. The number of aryl methyl sites for hydroxylation is 1. The van der Waals surface area contributed by atoms with Gasteiger partial charge in [-0.1, -0.05) is 6.07 Å². The van der Waals surface area contributed by atoms with Gasteiger partial charge in [0.05, 0.1) is 5.56 Å². The summed E-state index contributed by atoms with van der Waals surface area (Å²) in [5.74, 6) is 0.939. The van der Waals surface area contributed by atoms with Crippen LogP contribution < -0.4 is 16.4 Å². The molecule has 2 aromatic rings. The van der Waals surface area contributed by atoms with Gasteiger partial charge >= 0.3 is 0 Å². The van der Waals surface area contributed by atoms with Crippen molar-refractivity contribution in [3.63, 3.8) is 0 Å². The van der Waals surface area contributed by atoms with Crippen LogP contribution in [0.5, 0.6) is 0 Å². The van der Waals surface area contributed by atoms with Crippen molar-refractivity contribution < 1.29 is 4.39 Å². The monoisotopic (exact) mass is 330 g/mol. The molecule has 2 heterocycles. The summed E-state index contributed by atoms with van der Waals surface area (Å²) in [6, 6.07) is 5.36. The first-order valence-corrected chi connectivity index (χ1v) is 7.97. The van der Waals surface area contributed by atoms with Gasteiger partial charge in [0.2, 0.25) is 5.95 Å². The third kappa shape index (κ3) is 2.99. The second kappa shape index (κ2) is 6.24. The number of rotatable bonds is 3. The molecule has 0 spiro atoms. The fraction of sp³-hybridized carbons (Fsp3) is 0.412. The predicted molar refractivity (Wildman–Crippen MR) is 95.3 cm³/mol. The van der Waals surface area contributed by atoms with Crippen molar-refractivity contribution in [2.75, 3.05) is 43.6 Å². The van der Waals surface area contributed by atoms with Crippen LogP contribution in [0, 0.1) is 12.7 Å². The van der Waals surface area contributed by atoms with Crippen molar-refractivity contribution in [3.8, 4) is 11.1 Å². The van der Waals surface area contributed by atoms with Crippen LogP contribution in [0.25, 0.3) is 11.1 Å². The molecule has 24 heavy (non-hydrogen) atoms. The summed E-state index contributed by atoms with van der Waals surface area (Å²) in [6.45, 7) is 3.44. The van der Waals surface area contributed by atoms with Gasteiger partial charge in [-0.3, -0.25) is 0 Å². The highest BCUT2D eigenvalue weighted by atomic mass is 19.1. The molecule has 1 aliphatic heterocycles. The van der Waals surface area contributed by atoms with E-state index in [1.54, 1.807) is 19.1 Å². The molecule has 0 aliphatic carbocycles. The van der Waals surface area contributed by atoms with Crippen molar-refractivity contribution >= 4 is 17.6 Å². The maximum atomic E-state index is 13.6. The van der Waals surface area contributed by atoms with E-state index in [1.807, 2.05) is 0 Å². The highest BCUT2D eigenvalue weighted by Crippen LogP contribution is 2.36. The van der Waals surface area contributed by atoms with Crippen LogP contribution in [0.2, 0.25) is 0 Å². The van der Waals surface area contributed by atoms with Gasteiger partial charge in [0, 0.05) is 19.1 Å². The lowest BCUT2D eigenvalue weighted by molar-refractivity contribution is 0.315. The fourth-order valence-electron chi connectivity index (χ4n) is 3.14. The molecule has 128 valence electrons. The summed E-state index contributed by atoms with van der Waals surface area (Å²) in [7, 11) is 4.14. The average molecular weight is 330 g/mol. The molecule has 7 heteroatoms. The third-order valence-electron chi connectivity index (χ3n) is 4.58. The Kier molecular flexibility index (Phi) is 4.28. The average Bonchev–Trinajstić information content (AvgIpc) is 2.99. The Labute approximate surface area is 141 Å². The molecule has 1 aliphatic rings. The van der Waals surface area contributed by atoms with Crippen LogP contribution >= 0.6 is 0 Å². The van der Waals surface area contributed by atoms with Crippen molar-refractivity contribution in [3.05, 3.63) is 29.6 Å². The molecule has 1 saturated heterocycles. The van der Waals surface area contributed by atoms with Crippen molar-refractivity contribution in [1.82, 2.24) is 14.9 Å². The lowest BCUT2D eigenvalue weighted by Gasteiger charge is -2.24. The molecule has 4 N–H and O–H groups in total. The van der Waals surface area contributed by atoms with Crippen LogP contribution in [0.1, 0.15) is 12.0 Å². The van der Waals surface area contributed by atoms with Crippen LogP contribution in [0.3, 0.4) is 0 Å². The first-order valence-electron chi connectivity index (χ1n) is 7.97. The smallest absolute Gasteiger partial charge is 0.223 e. The van der Waals surface area contributed by atoms with Gasteiger partial charge in [-0.25, -0.2) is 4.39 Å². The molecule has 0 saturated carbocycles. The van der Waals surface area contributed by atoms with E-state index in [9.17, 15) is 4.39 Å². The maximum Gasteiger partial charge on any atom is 0.223 e. The van der Waals surface area contributed by atoms with Crippen LogP contribution in [0.4, 0.5) is 22.0 Å². The standard InChI is InChI=1S/C17H23FN6/c1-10-8-11(4-5-13(10)18)14-15(19)21-17(20)22-16(14)24-7-6-12(9-24)23(2)3/h4-5,8,12H,6-7,9H2,1-3H3,(H4,19,20,21,22)/t12-/m1/s1. The molecule has 0 radical (unpaired) electrons. The lowest BCUT2D eigenvalue weighted by Crippen LogP contribution is -2.32. The highest BCUT2D eigenvalue weighted by molar-refractivity contribution is 5.85. The number of likely N-dealkylation sites (N-methyl/N-ethyl adjacent to an activating group) is 1. The molecule has 1 atom stereocenters. The molecule has 0 bridgehead atoms. The Hall–Kier alpha value is -2.41. The van der Waals surface area contributed by atoms with E-state index >= 15 is 0 Å². The van der Waals surface area contributed by atoms with Gasteiger partial charge < -0.3 is 21.3 Å². The Morgan fingerprint density at radius 1 is 1.25 bits per heavy atom. The normalized spacial score (nSPS) is 17.7. The van der Waals surface area contributed by atoms with Gasteiger partial charge in [0.25, 0.3) is 0 Å². The second-order valence-corrected chi connectivity index (χ2v) is 6.48. The number of hydrogen-bond donors (Lipinski definition) is 2. The lowest BCUT2D eigenvalue weighted by atomic mass is 10.0. The number of nitrogen functional groups attached to an aromatic ring is 2. The molecule has 0 amide bonds. The van der Waals surface area contributed by atoms with E-state index < -0.39 is 0 Å². The molecule has 1 aromatic heterocycles. The SMILES string of the molecule is Cc1cc(-c2c(N)nc(N)nc2N2CC[C@@H](N(C)C)C2)ccc1F. The van der Waals surface area contributed by atoms with Crippen molar-refractivity contribution in [1.29, 1.82) is 0 Å². The molecular formula is C17H23FN6. The number of aromatic nitrogens is 2. The summed E-state index contributed by atoms with van der Waals surface area (Å²) in [4.78, 5) is 12.9. The van der Waals surface area contributed by atoms with E-state index in [0.29, 0.717) is 23.0 Å². The van der Waals surface area contributed by atoms with E-state index in [2.05, 4.69) is 33.9 Å². The van der Waals surface area contributed by atoms with Crippen molar-refractivity contribution in [2.24, 2.45) is 0 Å². The Morgan fingerprint density at radius 3 is 2.62 bits per heavy atom. The second-order valence-electron chi connectivity index (χ2n) is 6.48. The minimum atomic E-state index is -0.246. The molecular weight excluding hydrogens is 307 g/mol. The topological polar surface area (TPSA) is 84.3 Å². The van der Waals surface area contributed by atoms with E-state index in [-0.39, 0.29) is 11.8 Å². The molecule has 1 fully saturated rings. The molecule has 3 rings (SSSR count). The van der Waals surface area contributed by atoms with Crippen LogP contribution in [0.15, 0.2) is 18.2 Å². The van der Waals surface area contributed by atoms with Gasteiger partial charge in [-0.15, -0.1) is 0 Å².